The fourth-order valence-electron chi connectivity index (χ4n) is 5.10. The topological polar surface area (TPSA) is 70.7 Å². The first-order chi connectivity index (χ1) is 10.1. The van der Waals surface area contributed by atoms with Gasteiger partial charge >= 0.3 is 0 Å². The highest BCUT2D eigenvalue weighted by Crippen LogP contribution is 2.58. The van der Waals surface area contributed by atoms with Crippen LogP contribution in [0.1, 0.15) is 68.3 Å². The number of carbonyl (C=O) groups is 1. The number of aromatic amines is 1. The molecule has 0 radical (unpaired) electrons. The lowest BCUT2D eigenvalue weighted by Crippen LogP contribution is -2.42. The van der Waals surface area contributed by atoms with E-state index in [0.29, 0.717) is 17.8 Å². The van der Waals surface area contributed by atoms with Gasteiger partial charge in [0.25, 0.3) is 5.91 Å². The average molecular weight is 288 g/mol. The van der Waals surface area contributed by atoms with Gasteiger partial charge in [-0.15, -0.1) is 5.10 Å². The number of carbonyl (C=O) groups excluding carboxylic acids is 1. The van der Waals surface area contributed by atoms with Gasteiger partial charge < -0.3 is 5.32 Å². The molecule has 1 amide bonds. The molecule has 1 aromatic rings. The molecule has 3 aliphatic rings. The zero-order chi connectivity index (χ0) is 14.6. The van der Waals surface area contributed by atoms with Crippen molar-refractivity contribution in [3.63, 3.8) is 0 Å². The SMILES string of the molecule is CC(C)c1nc(C(=O)NC2CC3CC2C2CCCC32)n[nH]1. The molecule has 4 rings (SSSR count). The molecule has 5 heteroatoms. The molecule has 1 aromatic heterocycles. The number of nitrogens with one attached hydrogen (secondary N) is 2. The molecule has 2 bridgehead atoms. The molecule has 0 aromatic carbocycles. The third-order valence-electron chi connectivity index (χ3n) is 6.00. The second-order valence-electron chi connectivity index (χ2n) is 7.43. The Bertz CT molecular complexity index is 552. The Balaban J connectivity index is 1.43. The number of rotatable bonds is 3. The number of nitrogens with zero attached hydrogens (tertiary/aromatic N) is 2. The van der Waals surface area contributed by atoms with E-state index in [4.69, 9.17) is 0 Å². The summed E-state index contributed by atoms with van der Waals surface area (Å²) in [4.78, 5) is 16.7. The third kappa shape index (κ3) is 2.09. The van der Waals surface area contributed by atoms with E-state index in [1.807, 2.05) is 13.8 Å². The van der Waals surface area contributed by atoms with Crippen LogP contribution in [0.15, 0.2) is 0 Å². The van der Waals surface area contributed by atoms with Gasteiger partial charge in [-0.25, -0.2) is 4.98 Å². The van der Waals surface area contributed by atoms with E-state index in [1.165, 1.54) is 32.1 Å². The highest BCUT2D eigenvalue weighted by atomic mass is 16.2. The van der Waals surface area contributed by atoms with Gasteiger partial charge in [0, 0.05) is 12.0 Å². The lowest BCUT2D eigenvalue weighted by Gasteiger charge is -2.31. The van der Waals surface area contributed by atoms with Crippen molar-refractivity contribution in [2.75, 3.05) is 0 Å². The van der Waals surface area contributed by atoms with Gasteiger partial charge in [-0.1, -0.05) is 20.3 Å². The first-order valence-electron chi connectivity index (χ1n) is 8.36. The number of hydrogen-bond acceptors (Lipinski definition) is 3. The van der Waals surface area contributed by atoms with Crippen LogP contribution in [0.2, 0.25) is 0 Å². The van der Waals surface area contributed by atoms with Gasteiger partial charge in [0.15, 0.2) is 0 Å². The summed E-state index contributed by atoms with van der Waals surface area (Å²) < 4.78 is 0. The molecule has 5 unspecified atom stereocenters. The number of hydrogen-bond donors (Lipinski definition) is 2. The lowest BCUT2D eigenvalue weighted by atomic mass is 9.79. The maximum Gasteiger partial charge on any atom is 0.291 e. The van der Waals surface area contributed by atoms with Crippen LogP contribution in [0.5, 0.6) is 0 Å². The Labute approximate surface area is 125 Å². The first kappa shape index (κ1) is 13.3. The van der Waals surface area contributed by atoms with Crippen molar-refractivity contribution in [2.24, 2.45) is 23.7 Å². The molecule has 5 atom stereocenters. The highest BCUT2D eigenvalue weighted by Gasteiger charge is 2.54. The van der Waals surface area contributed by atoms with Crippen molar-refractivity contribution in [1.29, 1.82) is 0 Å². The van der Waals surface area contributed by atoms with Crippen molar-refractivity contribution in [3.8, 4) is 0 Å². The summed E-state index contributed by atoms with van der Waals surface area (Å²) in [5.74, 6) is 4.62. The Hall–Kier alpha value is -1.39. The first-order valence-corrected chi connectivity index (χ1v) is 8.36. The van der Waals surface area contributed by atoms with Crippen LogP contribution in [0.3, 0.4) is 0 Å². The second kappa shape index (κ2) is 4.82. The molecule has 21 heavy (non-hydrogen) atoms. The van der Waals surface area contributed by atoms with E-state index in [-0.39, 0.29) is 11.8 Å². The lowest BCUT2D eigenvalue weighted by molar-refractivity contribution is 0.0891. The average Bonchev–Trinajstić information content (AvgIpc) is 3.20. The molecular formula is C16H24N4O. The number of fused-ring (bicyclic) bond motifs is 5. The monoisotopic (exact) mass is 288 g/mol. The fourth-order valence-corrected chi connectivity index (χ4v) is 5.10. The van der Waals surface area contributed by atoms with E-state index < -0.39 is 0 Å². The highest BCUT2D eigenvalue weighted by molar-refractivity contribution is 5.90. The summed E-state index contributed by atoms with van der Waals surface area (Å²) in [5.41, 5.74) is 0. The van der Waals surface area contributed by atoms with Gasteiger partial charge in [0.2, 0.25) is 5.82 Å². The van der Waals surface area contributed by atoms with E-state index in [9.17, 15) is 4.79 Å². The summed E-state index contributed by atoms with van der Waals surface area (Å²) in [5, 5.41) is 10.1. The third-order valence-corrected chi connectivity index (χ3v) is 6.00. The Morgan fingerprint density at radius 2 is 2.05 bits per heavy atom. The van der Waals surface area contributed by atoms with Crippen molar-refractivity contribution in [3.05, 3.63) is 11.6 Å². The van der Waals surface area contributed by atoms with E-state index in [1.54, 1.807) is 0 Å². The van der Waals surface area contributed by atoms with Crippen molar-refractivity contribution >= 4 is 5.91 Å². The molecule has 5 nitrogen and oxygen atoms in total. The Kier molecular flexibility index (Phi) is 3.05. The molecule has 2 N–H and O–H groups in total. The van der Waals surface area contributed by atoms with Crippen molar-refractivity contribution in [2.45, 2.75) is 57.9 Å². The minimum atomic E-state index is -0.106. The summed E-state index contributed by atoms with van der Waals surface area (Å²) >= 11 is 0. The Morgan fingerprint density at radius 3 is 2.81 bits per heavy atom. The summed E-state index contributed by atoms with van der Waals surface area (Å²) in [6, 6.07) is 0.350. The van der Waals surface area contributed by atoms with E-state index in [2.05, 4.69) is 20.5 Å². The molecule has 1 heterocycles. The largest absolute Gasteiger partial charge is 0.346 e. The Morgan fingerprint density at radius 1 is 1.24 bits per heavy atom. The summed E-state index contributed by atoms with van der Waals surface area (Å²) in [6.07, 6.45) is 6.67. The quantitative estimate of drug-likeness (QED) is 0.897. The second-order valence-corrected chi connectivity index (χ2v) is 7.43. The van der Waals surface area contributed by atoms with Crippen LogP contribution in [0, 0.1) is 23.7 Å². The maximum absolute atomic E-state index is 12.3. The normalized spacial score (nSPS) is 37.2. The number of aromatic nitrogens is 3. The smallest absolute Gasteiger partial charge is 0.291 e. The van der Waals surface area contributed by atoms with Gasteiger partial charge in [0.05, 0.1) is 0 Å². The zero-order valence-corrected chi connectivity index (χ0v) is 12.8. The molecule has 3 fully saturated rings. The van der Waals surface area contributed by atoms with Gasteiger partial charge in [-0.2, -0.15) is 0 Å². The van der Waals surface area contributed by atoms with Crippen LogP contribution in [-0.4, -0.2) is 27.1 Å². The molecule has 3 aliphatic carbocycles. The molecule has 114 valence electrons. The summed E-state index contributed by atoms with van der Waals surface area (Å²) in [6.45, 7) is 4.08. The van der Waals surface area contributed by atoms with E-state index >= 15 is 0 Å². The minimum Gasteiger partial charge on any atom is -0.346 e. The van der Waals surface area contributed by atoms with Crippen LogP contribution in [0.25, 0.3) is 0 Å². The zero-order valence-electron chi connectivity index (χ0n) is 12.8. The molecule has 0 saturated heterocycles. The van der Waals surface area contributed by atoms with Crippen LogP contribution in [0.4, 0.5) is 0 Å². The predicted molar refractivity (Wildman–Crippen MR) is 78.8 cm³/mol. The number of H-pyrrole nitrogens is 1. The molecule has 0 spiro atoms. The van der Waals surface area contributed by atoms with E-state index in [0.717, 1.165) is 23.6 Å². The van der Waals surface area contributed by atoms with Crippen LogP contribution in [-0.2, 0) is 0 Å². The number of amides is 1. The van der Waals surface area contributed by atoms with Crippen LogP contribution >= 0.6 is 0 Å². The molecular weight excluding hydrogens is 264 g/mol. The molecule has 0 aliphatic heterocycles. The van der Waals surface area contributed by atoms with Crippen LogP contribution < -0.4 is 5.32 Å². The summed E-state index contributed by atoms with van der Waals surface area (Å²) in [7, 11) is 0. The fraction of sp³-hybridized carbons (Fsp3) is 0.812. The molecule has 3 saturated carbocycles. The predicted octanol–water partition coefficient (Wildman–Crippen LogP) is 2.48. The van der Waals surface area contributed by atoms with Crippen molar-refractivity contribution in [1.82, 2.24) is 20.5 Å². The van der Waals surface area contributed by atoms with Crippen molar-refractivity contribution < 1.29 is 4.79 Å². The van der Waals surface area contributed by atoms with Gasteiger partial charge in [-0.3, -0.25) is 9.89 Å². The van der Waals surface area contributed by atoms with Gasteiger partial charge in [-0.05, 0) is 49.4 Å². The standard InChI is InChI=1S/C16H24N4O/c1-8(2)14-18-15(20-19-14)16(21)17-13-7-9-6-12(13)11-5-3-4-10(9)11/h8-13H,3-7H2,1-2H3,(H,17,21)(H,18,19,20). The van der Waals surface area contributed by atoms with Gasteiger partial charge in [0.1, 0.15) is 5.82 Å². The minimum absolute atomic E-state index is 0.106. The maximum atomic E-state index is 12.3.